The van der Waals surface area contributed by atoms with Crippen LogP contribution >= 0.6 is 11.8 Å². The van der Waals surface area contributed by atoms with Gasteiger partial charge in [-0.05, 0) is 46.7 Å². The van der Waals surface area contributed by atoms with Crippen LogP contribution in [0.3, 0.4) is 0 Å². The minimum atomic E-state index is 0.317. The Labute approximate surface area is 123 Å². The number of fused-ring (bicyclic) bond motifs is 1. The van der Waals surface area contributed by atoms with Gasteiger partial charge < -0.3 is 5.11 Å². The summed E-state index contributed by atoms with van der Waals surface area (Å²) in [5, 5.41) is 12.0. The van der Waals surface area contributed by atoms with E-state index in [4.69, 9.17) is 0 Å². The van der Waals surface area contributed by atoms with Gasteiger partial charge >= 0.3 is 0 Å². The van der Waals surface area contributed by atoms with E-state index in [1.165, 1.54) is 26.8 Å². The second kappa shape index (κ2) is 5.59. The number of phenols is 1. The summed E-state index contributed by atoms with van der Waals surface area (Å²) in [4.78, 5) is 1.34. The van der Waals surface area contributed by atoms with Crippen molar-refractivity contribution < 1.29 is 5.11 Å². The van der Waals surface area contributed by atoms with E-state index in [0.29, 0.717) is 5.75 Å². The Morgan fingerprint density at radius 1 is 0.900 bits per heavy atom. The predicted molar refractivity (Wildman–Crippen MR) is 86.6 cm³/mol. The van der Waals surface area contributed by atoms with E-state index in [1.807, 2.05) is 12.1 Å². The molecule has 0 amide bonds. The van der Waals surface area contributed by atoms with Crippen LogP contribution < -0.4 is 0 Å². The average molecular weight is 280 g/mol. The topological polar surface area (TPSA) is 20.2 Å². The molecule has 0 saturated heterocycles. The number of rotatable bonds is 3. The van der Waals surface area contributed by atoms with Gasteiger partial charge in [-0.3, -0.25) is 0 Å². The first-order valence-corrected chi connectivity index (χ1v) is 7.83. The highest BCUT2D eigenvalue weighted by Gasteiger charge is 2.07. The van der Waals surface area contributed by atoms with Gasteiger partial charge in [0.2, 0.25) is 0 Å². The Balaban J connectivity index is 2.04. The van der Waals surface area contributed by atoms with Crippen molar-refractivity contribution in [2.75, 3.05) is 6.26 Å². The van der Waals surface area contributed by atoms with Crippen LogP contribution in [-0.2, 0) is 6.42 Å². The van der Waals surface area contributed by atoms with Crippen molar-refractivity contribution in [3.05, 3.63) is 71.8 Å². The molecule has 0 fully saturated rings. The highest BCUT2D eigenvalue weighted by molar-refractivity contribution is 7.98. The molecular formula is C18H16OS. The van der Waals surface area contributed by atoms with Crippen LogP contribution in [0.4, 0.5) is 0 Å². The molecule has 0 aliphatic carbocycles. The van der Waals surface area contributed by atoms with Crippen LogP contribution in [0.15, 0.2) is 65.6 Å². The molecule has 1 N–H and O–H groups in total. The van der Waals surface area contributed by atoms with E-state index < -0.39 is 0 Å². The van der Waals surface area contributed by atoms with Gasteiger partial charge in [0.15, 0.2) is 0 Å². The predicted octanol–water partition coefficient (Wildman–Crippen LogP) is 4.86. The fourth-order valence-corrected chi connectivity index (χ4v) is 3.31. The van der Waals surface area contributed by atoms with Crippen LogP contribution in [0.1, 0.15) is 11.1 Å². The van der Waals surface area contributed by atoms with E-state index in [9.17, 15) is 5.11 Å². The highest BCUT2D eigenvalue weighted by atomic mass is 32.2. The molecule has 0 aliphatic heterocycles. The van der Waals surface area contributed by atoms with Gasteiger partial charge in [0.25, 0.3) is 0 Å². The van der Waals surface area contributed by atoms with Gasteiger partial charge in [0, 0.05) is 4.90 Å². The Kier molecular flexibility index (Phi) is 3.66. The van der Waals surface area contributed by atoms with Crippen molar-refractivity contribution in [2.45, 2.75) is 11.3 Å². The lowest BCUT2D eigenvalue weighted by atomic mass is 10.0. The number of hydrogen-bond acceptors (Lipinski definition) is 2. The molecular weight excluding hydrogens is 264 g/mol. The molecule has 0 aromatic heterocycles. The number of hydrogen-bond donors (Lipinski definition) is 1. The van der Waals surface area contributed by atoms with Crippen molar-refractivity contribution in [1.29, 1.82) is 0 Å². The molecule has 0 spiro atoms. The fraction of sp³-hybridized carbons (Fsp3) is 0.111. The zero-order valence-corrected chi connectivity index (χ0v) is 12.2. The lowest BCUT2D eigenvalue weighted by Crippen LogP contribution is -1.92. The monoisotopic (exact) mass is 280 g/mol. The molecule has 0 radical (unpaired) electrons. The van der Waals surface area contributed by atoms with Gasteiger partial charge in [-0.15, -0.1) is 11.8 Å². The maximum absolute atomic E-state index is 9.36. The first-order chi connectivity index (χ1) is 9.78. The number of thioether (sulfide) groups is 1. The maximum Gasteiger partial charge on any atom is 0.115 e. The first kappa shape index (κ1) is 13.1. The van der Waals surface area contributed by atoms with Crippen LogP contribution in [0.25, 0.3) is 10.8 Å². The van der Waals surface area contributed by atoms with Gasteiger partial charge in [-0.25, -0.2) is 0 Å². The zero-order chi connectivity index (χ0) is 13.9. The third kappa shape index (κ3) is 2.52. The molecule has 0 bridgehead atoms. The average Bonchev–Trinajstić information content (AvgIpc) is 2.49. The molecule has 0 heterocycles. The van der Waals surface area contributed by atoms with Crippen LogP contribution in [0.5, 0.6) is 5.75 Å². The number of phenolic OH excluding ortho intramolecular Hbond substituents is 1. The molecule has 3 rings (SSSR count). The SMILES string of the molecule is CSc1c(Cc2ccc(O)cc2)ccc2ccccc12. The molecule has 100 valence electrons. The summed E-state index contributed by atoms with van der Waals surface area (Å²) < 4.78 is 0. The Hall–Kier alpha value is -1.93. The van der Waals surface area contributed by atoms with Gasteiger partial charge in [-0.2, -0.15) is 0 Å². The molecule has 1 nitrogen and oxygen atoms in total. The molecule has 0 saturated carbocycles. The molecule has 0 atom stereocenters. The second-order valence-electron chi connectivity index (χ2n) is 4.82. The number of benzene rings is 3. The summed E-state index contributed by atoms with van der Waals surface area (Å²) in [7, 11) is 0. The zero-order valence-electron chi connectivity index (χ0n) is 11.3. The van der Waals surface area contributed by atoms with E-state index >= 15 is 0 Å². The largest absolute Gasteiger partial charge is 0.508 e. The first-order valence-electron chi connectivity index (χ1n) is 6.60. The summed E-state index contributed by atoms with van der Waals surface area (Å²) in [5.41, 5.74) is 2.55. The van der Waals surface area contributed by atoms with Crippen LogP contribution in [0.2, 0.25) is 0 Å². The lowest BCUT2D eigenvalue weighted by molar-refractivity contribution is 0.475. The third-order valence-electron chi connectivity index (χ3n) is 3.50. The minimum Gasteiger partial charge on any atom is -0.508 e. The minimum absolute atomic E-state index is 0.317. The number of aromatic hydroxyl groups is 1. The van der Waals surface area contributed by atoms with Crippen molar-refractivity contribution in [2.24, 2.45) is 0 Å². The lowest BCUT2D eigenvalue weighted by Gasteiger charge is -2.11. The Morgan fingerprint density at radius 2 is 1.65 bits per heavy atom. The standard InChI is InChI=1S/C18H16OS/c1-20-18-15(12-13-6-10-16(19)11-7-13)9-8-14-4-2-3-5-17(14)18/h2-11,19H,12H2,1H3. The van der Waals surface area contributed by atoms with Gasteiger partial charge in [0.05, 0.1) is 0 Å². The third-order valence-corrected chi connectivity index (χ3v) is 4.39. The Bertz CT molecular complexity index is 732. The molecule has 2 heteroatoms. The maximum atomic E-state index is 9.36. The van der Waals surface area contributed by atoms with E-state index in [1.54, 1.807) is 23.9 Å². The van der Waals surface area contributed by atoms with Gasteiger partial charge in [0.1, 0.15) is 5.75 Å². The second-order valence-corrected chi connectivity index (χ2v) is 5.64. The fourth-order valence-electron chi connectivity index (χ4n) is 2.50. The van der Waals surface area contributed by atoms with Crippen LogP contribution in [0, 0.1) is 0 Å². The quantitative estimate of drug-likeness (QED) is 0.691. The molecule has 3 aromatic rings. The van der Waals surface area contributed by atoms with Gasteiger partial charge in [-0.1, -0.05) is 48.5 Å². The van der Waals surface area contributed by atoms with E-state index in [-0.39, 0.29) is 0 Å². The summed E-state index contributed by atoms with van der Waals surface area (Å²) >= 11 is 1.80. The summed E-state index contributed by atoms with van der Waals surface area (Å²) in [6.07, 6.45) is 3.02. The normalized spacial score (nSPS) is 10.8. The Morgan fingerprint density at radius 3 is 2.40 bits per heavy atom. The smallest absolute Gasteiger partial charge is 0.115 e. The molecule has 0 unspecified atom stereocenters. The molecule has 3 aromatic carbocycles. The van der Waals surface area contributed by atoms with E-state index in [2.05, 4.69) is 42.7 Å². The molecule has 0 aliphatic rings. The summed E-state index contributed by atoms with van der Waals surface area (Å²) in [5.74, 6) is 0.317. The van der Waals surface area contributed by atoms with Crippen molar-refractivity contribution in [1.82, 2.24) is 0 Å². The molecule has 20 heavy (non-hydrogen) atoms. The van der Waals surface area contributed by atoms with Crippen molar-refractivity contribution in [3.8, 4) is 5.75 Å². The highest BCUT2D eigenvalue weighted by Crippen LogP contribution is 2.31. The summed E-state index contributed by atoms with van der Waals surface area (Å²) in [6, 6.07) is 20.3. The summed E-state index contributed by atoms with van der Waals surface area (Å²) in [6.45, 7) is 0. The van der Waals surface area contributed by atoms with E-state index in [0.717, 1.165) is 6.42 Å². The van der Waals surface area contributed by atoms with Crippen molar-refractivity contribution in [3.63, 3.8) is 0 Å². The van der Waals surface area contributed by atoms with Crippen LogP contribution in [-0.4, -0.2) is 11.4 Å². The van der Waals surface area contributed by atoms with Crippen molar-refractivity contribution >= 4 is 22.5 Å².